The van der Waals surface area contributed by atoms with E-state index in [0.29, 0.717) is 6.07 Å². The molecule has 2 N–H and O–H groups in total. The molecule has 20 heavy (non-hydrogen) atoms. The van der Waals surface area contributed by atoms with E-state index in [9.17, 15) is 26.3 Å². The zero-order valence-corrected chi connectivity index (χ0v) is 9.64. The number of halogens is 6. The Morgan fingerprint density at radius 1 is 1.25 bits per heavy atom. The van der Waals surface area contributed by atoms with Gasteiger partial charge in [0.2, 0.25) is 0 Å². The van der Waals surface area contributed by atoms with E-state index in [1.54, 1.807) is 0 Å². The van der Waals surface area contributed by atoms with E-state index >= 15 is 0 Å². The fourth-order valence-corrected chi connectivity index (χ4v) is 1.40. The molecule has 0 amide bonds. The van der Waals surface area contributed by atoms with Crippen LogP contribution >= 0.6 is 0 Å². The first-order valence-electron chi connectivity index (χ1n) is 5.01. The van der Waals surface area contributed by atoms with Gasteiger partial charge in [0.1, 0.15) is 5.75 Å². The molecule has 0 bridgehead atoms. The minimum absolute atomic E-state index is 0.432. The predicted molar refractivity (Wildman–Crippen MR) is 53.1 cm³/mol. The second-order valence-corrected chi connectivity index (χ2v) is 3.52. The molecule has 0 aliphatic rings. The van der Waals surface area contributed by atoms with E-state index in [2.05, 4.69) is 9.72 Å². The number of aromatic nitrogens is 1. The predicted octanol–water partition coefficient (Wildman–Crippen LogP) is 2.52. The Bertz CT molecular complexity index is 532. The van der Waals surface area contributed by atoms with Gasteiger partial charge < -0.3 is 10.5 Å². The number of rotatable bonds is 3. The molecule has 4 nitrogen and oxygen atoms in total. The lowest BCUT2D eigenvalue weighted by molar-refractivity contribution is -0.275. The molecule has 110 valence electrons. The molecule has 1 rings (SSSR count). The normalized spacial score (nSPS) is 12.1. The first-order valence-corrected chi connectivity index (χ1v) is 5.01. The average molecular weight is 299 g/mol. The summed E-state index contributed by atoms with van der Waals surface area (Å²) >= 11 is 0. The average Bonchev–Trinajstić information content (AvgIpc) is 2.27. The van der Waals surface area contributed by atoms with Gasteiger partial charge in [0.05, 0.1) is 18.2 Å². The highest BCUT2D eigenvalue weighted by Crippen LogP contribution is 2.37. The number of pyridine rings is 1. The Balaban J connectivity index is 3.51. The fourth-order valence-electron chi connectivity index (χ4n) is 1.40. The molecule has 0 saturated heterocycles. The van der Waals surface area contributed by atoms with Crippen molar-refractivity contribution in [3.63, 3.8) is 0 Å². The number of nitriles is 1. The summed E-state index contributed by atoms with van der Waals surface area (Å²) < 4.78 is 78.3. The SMILES string of the molecule is N#CCc1c(OC(F)(F)F)cc(CN)nc1C(F)(F)F. The minimum Gasteiger partial charge on any atom is -0.405 e. The van der Waals surface area contributed by atoms with Crippen LogP contribution in [0.15, 0.2) is 6.07 Å². The highest BCUT2D eigenvalue weighted by atomic mass is 19.4. The van der Waals surface area contributed by atoms with Crippen LogP contribution in [-0.2, 0) is 19.1 Å². The summed E-state index contributed by atoms with van der Waals surface area (Å²) in [7, 11) is 0. The largest absolute Gasteiger partial charge is 0.573 e. The molecule has 0 fully saturated rings. The van der Waals surface area contributed by atoms with Gasteiger partial charge in [-0.2, -0.15) is 18.4 Å². The molecule has 0 spiro atoms. The summed E-state index contributed by atoms with van der Waals surface area (Å²) in [4.78, 5) is 3.12. The third-order valence-electron chi connectivity index (χ3n) is 2.10. The van der Waals surface area contributed by atoms with Gasteiger partial charge in [-0.1, -0.05) is 0 Å². The molecule has 0 atom stereocenters. The van der Waals surface area contributed by atoms with E-state index in [4.69, 9.17) is 11.0 Å². The summed E-state index contributed by atoms with van der Waals surface area (Å²) in [6, 6.07) is 1.98. The molecule has 0 aliphatic carbocycles. The number of hydrogen-bond acceptors (Lipinski definition) is 4. The van der Waals surface area contributed by atoms with Crippen LogP contribution in [0, 0.1) is 11.3 Å². The van der Waals surface area contributed by atoms with Crippen molar-refractivity contribution in [2.75, 3.05) is 0 Å². The molecular formula is C10H7F6N3O. The quantitative estimate of drug-likeness (QED) is 0.870. The molecule has 10 heteroatoms. The molecule has 0 aromatic carbocycles. The van der Waals surface area contributed by atoms with Crippen LogP contribution in [0.25, 0.3) is 0 Å². The summed E-state index contributed by atoms with van der Waals surface area (Å²) in [5.74, 6) is -1.12. The molecule has 0 aliphatic heterocycles. The van der Waals surface area contributed by atoms with Crippen molar-refractivity contribution in [2.24, 2.45) is 5.73 Å². The van der Waals surface area contributed by atoms with Crippen molar-refractivity contribution < 1.29 is 31.1 Å². The van der Waals surface area contributed by atoms with E-state index in [0.717, 1.165) is 0 Å². The Morgan fingerprint density at radius 2 is 1.85 bits per heavy atom. The van der Waals surface area contributed by atoms with Crippen molar-refractivity contribution in [2.45, 2.75) is 25.5 Å². The van der Waals surface area contributed by atoms with Gasteiger partial charge in [-0.25, -0.2) is 4.98 Å². The lowest BCUT2D eigenvalue weighted by Gasteiger charge is -2.17. The Labute approximate surface area is 108 Å². The molecule has 1 aromatic heterocycles. The molecule has 0 saturated carbocycles. The van der Waals surface area contributed by atoms with Crippen LogP contribution in [0.2, 0.25) is 0 Å². The van der Waals surface area contributed by atoms with Gasteiger partial charge in [0.15, 0.2) is 5.69 Å². The first-order chi connectivity index (χ1) is 9.08. The number of alkyl halides is 6. The highest BCUT2D eigenvalue weighted by molar-refractivity contribution is 5.41. The Morgan fingerprint density at radius 3 is 2.25 bits per heavy atom. The number of nitrogens with zero attached hydrogens (tertiary/aromatic N) is 2. The van der Waals surface area contributed by atoms with Gasteiger partial charge in [-0.3, -0.25) is 0 Å². The van der Waals surface area contributed by atoms with E-state index in [-0.39, 0.29) is 0 Å². The molecule has 1 aromatic rings. The second kappa shape index (κ2) is 5.54. The lowest BCUT2D eigenvalue weighted by atomic mass is 10.1. The zero-order chi connectivity index (χ0) is 15.6. The fraction of sp³-hybridized carbons (Fsp3) is 0.400. The Kier molecular flexibility index (Phi) is 4.44. The van der Waals surface area contributed by atoms with Gasteiger partial charge >= 0.3 is 12.5 Å². The van der Waals surface area contributed by atoms with Crippen molar-refractivity contribution in [3.8, 4) is 11.8 Å². The van der Waals surface area contributed by atoms with E-state index in [1.165, 1.54) is 6.07 Å². The number of ether oxygens (including phenoxy) is 1. The van der Waals surface area contributed by atoms with Crippen LogP contribution in [0.3, 0.4) is 0 Å². The van der Waals surface area contributed by atoms with Crippen molar-refractivity contribution in [3.05, 3.63) is 23.0 Å². The van der Waals surface area contributed by atoms with Crippen molar-refractivity contribution in [1.82, 2.24) is 4.98 Å². The molecular weight excluding hydrogens is 292 g/mol. The van der Waals surface area contributed by atoms with Gasteiger partial charge in [0.25, 0.3) is 0 Å². The van der Waals surface area contributed by atoms with Crippen LogP contribution in [0.1, 0.15) is 17.0 Å². The monoisotopic (exact) mass is 299 g/mol. The zero-order valence-electron chi connectivity index (χ0n) is 9.64. The first kappa shape index (κ1) is 16.0. The van der Waals surface area contributed by atoms with Gasteiger partial charge in [-0.05, 0) is 0 Å². The topological polar surface area (TPSA) is 71.9 Å². The van der Waals surface area contributed by atoms with Crippen LogP contribution < -0.4 is 10.5 Å². The van der Waals surface area contributed by atoms with Crippen LogP contribution in [0.4, 0.5) is 26.3 Å². The van der Waals surface area contributed by atoms with E-state index < -0.39 is 48.2 Å². The smallest absolute Gasteiger partial charge is 0.405 e. The maximum Gasteiger partial charge on any atom is 0.573 e. The summed E-state index contributed by atoms with van der Waals surface area (Å²) in [6.07, 6.45) is -11.2. The van der Waals surface area contributed by atoms with Crippen molar-refractivity contribution in [1.29, 1.82) is 5.26 Å². The highest BCUT2D eigenvalue weighted by Gasteiger charge is 2.39. The maximum atomic E-state index is 12.8. The standard InChI is InChI=1S/C10H7F6N3O/c11-9(12,13)8-6(1-2-17)7(20-10(14,15)16)3-5(4-18)19-8/h3H,1,4,18H2. The van der Waals surface area contributed by atoms with Crippen molar-refractivity contribution >= 4 is 0 Å². The number of hydrogen-bond donors (Lipinski definition) is 1. The minimum atomic E-state index is -5.19. The molecule has 0 unspecified atom stereocenters. The lowest BCUT2D eigenvalue weighted by Crippen LogP contribution is -2.22. The third-order valence-corrected chi connectivity index (χ3v) is 2.10. The number of nitrogens with two attached hydrogens (primary N) is 1. The maximum absolute atomic E-state index is 12.8. The molecule has 1 heterocycles. The van der Waals surface area contributed by atoms with Crippen LogP contribution in [-0.4, -0.2) is 11.3 Å². The van der Waals surface area contributed by atoms with E-state index in [1.807, 2.05) is 0 Å². The molecule has 0 radical (unpaired) electrons. The summed E-state index contributed by atoms with van der Waals surface area (Å²) in [5.41, 5.74) is 2.07. The Hall–Kier alpha value is -2.02. The third kappa shape index (κ3) is 3.99. The van der Waals surface area contributed by atoms with Gasteiger partial charge in [0, 0.05) is 18.2 Å². The summed E-state index contributed by atoms with van der Waals surface area (Å²) in [5, 5.41) is 8.45. The summed E-state index contributed by atoms with van der Waals surface area (Å²) in [6.45, 7) is -0.510. The van der Waals surface area contributed by atoms with Crippen LogP contribution in [0.5, 0.6) is 5.75 Å². The van der Waals surface area contributed by atoms with Gasteiger partial charge in [-0.15, -0.1) is 13.2 Å². The second-order valence-electron chi connectivity index (χ2n) is 3.52.